The Balaban J connectivity index is 1.43. The van der Waals surface area contributed by atoms with Gasteiger partial charge in [-0.05, 0) is 48.2 Å². The number of hydrogen-bond acceptors (Lipinski definition) is 2. The first kappa shape index (κ1) is 19.1. The summed E-state index contributed by atoms with van der Waals surface area (Å²) < 4.78 is 2.28. The molecule has 4 aromatic rings. The summed E-state index contributed by atoms with van der Waals surface area (Å²) in [5.74, 6) is 0. The Morgan fingerprint density at radius 2 is 1.47 bits per heavy atom. The lowest BCUT2D eigenvalue weighted by Gasteiger charge is -2.40. The Morgan fingerprint density at radius 3 is 2.20 bits per heavy atom. The van der Waals surface area contributed by atoms with Gasteiger partial charge in [-0.3, -0.25) is 4.90 Å². The molecule has 3 heteroatoms. The number of piperidine rings is 1. The lowest BCUT2D eigenvalue weighted by Crippen LogP contribution is -2.45. The van der Waals surface area contributed by atoms with E-state index in [0.717, 1.165) is 43.4 Å². The molecule has 0 saturated carbocycles. The minimum absolute atomic E-state index is 0.672. The molecule has 1 aromatic heterocycles. The molecule has 0 aliphatic carbocycles. The van der Waals surface area contributed by atoms with Gasteiger partial charge in [-0.15, -0.1) is 0 Å². The van der Waals surface area contributed by atoms with Crippen LogP contribution in [0.25, 0.3) is 10.9 Å². The zero-order valence-corrected chi connectivity index (χ0v) is 17.2. The van der Waals surface area contributed by atoms with E-state index in [1.165, 1.54) is 16.6 Å². The summed E-state index contributed by atoms with van der Waals surface area (Å²) in [6.07, 6.45) is 3.96. The highest BCUT2D eigenvalue weighted by molar-refractivity contribution is 5.84. The maximum absolute atomic E-state index is 11.7. The van der Waals surface area contributed by atoms with Crippen molar-refractivity contribution in [2.45, 2.75) is 31.5 Å². The van der Waals surface area contributed by atoms with Crippen molar-refractivity contribution >= 4 is 10.9 Å². The first-order valence-electron chi connectivity index (χ1n) is 10.8. The average Bonchev–Trinajstić information content (AvgIpc) is 3.18. The van der Waals surface area contributed by atoms with Gasteiger partial charge in [0.2, 0.25) is 0 Å². The van der Waals surface area contributed by atoms with Gasteiger partial charge in [-0.1, -0.05) is 72.8 Å². The number of aromatic nitrogens is 1. The molecule has 1 N–H and O–H groups in total. The van der Waals surface area contributed by atoms with Gasteiger partial charge >= 0.3 is 0 Å². The Morgan fingerprint density at radius 1 is 0.767 bits per heavy atom. The molecule has 0 amide bonds. The second-order valence-electron chi connectivity index (χ2n) is 8.50. The normalized spacial score (nSPS) is 19.9. The number of benzene rings is 3. The maximum atomic E-state index is 11.7. The fourth-order valence-corrected chi connectivity index (χ4v) is 4.87. The highest BCUT2D eigenvalue weighted by atomic mass is 16.3. The summed E-state index contributed by atoms with van der Waals surface area (Å²) in [6.45, 7) is 3.42. The lowest BCUT2D eigenvalue weighted by molar-refractivity contribution is -0.0370. The van der Waals surface area contributed by atoms with Gasteiger partial charge in [0, 0.05) is 36.7 Å². The van der Waals surface area contributed by atoms with Crippen molar-refractivity contribution in [1.82, 2.24) is 9.47 Å². The third-order valence-corrected chi connectivity index (χ3v) is 6.31. The SMILES string of the molecule is OC1(c2cccc3c2ccn3Cc2ccccc2)CCCN(Cc2ccccc2)C1. The molecule has 3 aromatic carbocycles. The number of likely N-dealkylation sites (tertiary alicyclic amines) is 1. The molecule has 0 radical (unpaired) electrons. The minimum Gasteiger partial charge on any atom is -0.384 e. The smallest absolute Gasteiger partial charge is 0.103 e. The predicted octanol–water partition coefficient (Wildman–Crippen LogP) is 5.17. The Labute approximate surface area is 178 Å². The molecule has 1 fully saturated rings. The van der Waals surface area contributed by atoms with Crippen LogP contribution in [0.15, 0.2) is 91.1 Å². The second-order valence-corrected chi connectivity index (χ2v) is 8.50. The molecule has 152 valence electrons. The van der Waals surface area contributed by atoms with Crippen molar-refractivity contribution in [2.75, 3.05) is 13.1 Å². The van der Waals surface area contributed by atoms with E-state index in [1.54, 1.807) is 0 Å². The first-order chi connectivity index (χ1) is 14.7. The van der Waals surface area contributed by atoms with E-state index in [-0.39, 0.29) is 0 Å². The molecular weight excluding hydrogens is 368 g/mol. The Kier molecular flexibility index (Phi) is 5.16. The zero-order chi connectivity index (χ0) is 20.4. The van der Waals surface area contributed by atoms with Gasteiger partial charge in [0.1, 0.15) is 5.60 Å². The van der Waals surface area contributed by atoms with E-state index >= 15 is 0 Å². The fraction of sp³-hybridized carbons (Fsp3) is 0.259. The van der Waals surface area contributed by atoms with E-state index in [2.05, 4.69) is 101 Å². The van der Waals surface area contributed by atoms with Crippen LogP contribution >= 0.6 is 0 Å². The molecule has 30 heavy (non-hydrogen) atoms. The molecule has 0 spiro atoms. The molecule has 1 aliphatic rings. The summed E-state index contributed by atoms with van der Waals surface area (Å²) >= 11 is 0. The molecule has 5 rings (SSSR count). The van der Waals surface area contributed by atoms with Crippen LogP contribution in [0.4, 0.5) is 0 Å². The van der Waals surface area contributed by atoms with Crippen molar-refractivity contribution in [1.29, 1.82) is 0 Å². The van der Waals surface area contributed by atoms with Crippen LogP contribution in [0.2, 0.25) is 0 Å². The van der Waals surface area contributed by atoms with Crippen LogP contribution in [-0.2, 0) is 18.7 Å². The number of nitrogens with zero attached hydrogens (tertiary/aromatic N) is 2. The summed E-state index contributed by atoms with van der Waals surface area (Å²) in [6, 6.07) is 29.6. The van der Waals surface area contributed by atoms with Crippen LogP contribution in [-0.4, -0.2) is 27.7 Å². The van der Waals surface area contributed by atoms with Crippen LogP contribution in [0.5, 0.6) is 0 Å². The van der Waals surface area contributed by atoms with Gasteiger partial charge in [-0.25, -0.2) is 0 Å². The van der Waals surface area contributed by atoms with Crippen LogP contribution in [0.3, 0.4) is 0 Å². The first-order valence-corrected chi connectivity index (χ1v) is 10.8. The van der Waals surface area contributed by atoms with Crippen molar-refractivity contribution < 1.29 is 5.11 Å². The number of fused-ring (bicyclic) bond motifs is 1. The molecule has 1 saturated heterocycles. The molecule has 3 nitrogen and oxygen atoms in total. The minimum atomic E-state index is -0.814. The highest BCUT2D eigenvalue weighted by Gasteiger charge is 2.36. The quantitative estimate of drug-likeness (QED) is 0.504. The van der Waals surface area contributed by atoms with Crippen LogP contribution in [0.1, 0.15) is 29.5 Å². The Bertz CT molecular complexity index is 1120. The van der Waals surface area contributed by atoms with E-state index < -0.39 is 5.60 Å². The third-order valence-electron chi connectivity index (χ3n) is 6.31. The number of hydrogen-bond donors (Lipinski definition) is 1. The predicted molar refractivity (Wildman–Crippen MR) is 122 cm³/mol. The standard InChI is InChI=1S/C27H28N2O/c30-27(16-8-17-28(21-27)19-22-9-3-1-4-10-22)25-13-7-14-26-24(25)15-18-29(26)20-23-11-5-2-6-12-23/h1-7,9-15,18,30H,8,16-17,19-21H2. The molecule has 1 atom stereocenters. The summed E-state index contributed by atoms with van der Waals surface area (Å²) in [5.41, 5.74) is 4.01. The fourth-order valence-electron chi connectivity index (χ4n) is 4.87. The molecule has 1 unspecified atom stereocenters. The average molecular weight is 397 g/mol. The van der Waals surface area contributed by atoms with Gasteiger partial charge < -0.3 is 9.67 Å². The third kappa shape index (κ3) is 3.79. The molecule has 2 heterocycles. The van der Waals surface area contributed by atoms with Crippen molar-refractivity contribution in [3.05, 3.63) is 108 Å². The van der Waals surface area contributed by atoms with Gasteiger partial charge in [-0.2, -0.15) is 0 Å². The van der Waals surface area contributed by atoms with E-state index in [1.807, 2.05) is 0 Å². The summed E-state index contributed by atoms with van der Waals surface area (Å²) in [5, 5.41) is 12.9. The summed E-state index contributed by atoms with van der Waals surface area (Å²) in [4.78, 5) is 2.39. The summed E-state index contributed by atoms with van der Waals surface area (Å²) in [7, 11) is 0. The molecule has 1 aliphatic heterocycles. The second kappa shape index (κ2) is 8.10. The number of aliphatic hydroxyl groups is 1. The highest BCUT2D eigenvalue weighted by Crippen LogP contribution is 2.36. The monoisotopic (exact) mass is 396 g/mol. The van der Waals surface area contributed by atoms with Gasteiger partial charge in [0.05, 0.1) is 0 Å². The molecular formula is C27H28N2O. The van der Waals surface area contributed by atoms with Crippen LogP contribution < -0.4 is 0 Å². The number of rotatable bonds is 5. The van der Waals surface area contributed by atoms with Crippen molar-refractivity contribution in [3.63, 3.8) is 0 Å². The van der Waals surface area contributed by atoms with Gasteiger partial charge in [0.25, 0.3) is 0 Å². The number of β-amino-alcohol motifs (C(OH)–C–C–N with tert-alkyl or cyclic N) is 1. The maximum Gasteiger partial charge on any atom is 0.103 e. The van der Waals surface area contributed by atoms with E-state index in [4.69, 9.17) is 0 Å². The largest absolute Gasteiger partial charge is 0.384 e. The zero-order valence-electron chi connectivity index (χ0n) is 17.2. The van der Waals surface area contributed by atoms with Crippen molar-refractivity contribution in [2.24, 2.45) is 0 Å². The lowest BCUT2D eigenvalue weighted by atomic mass is 9.84. The van der Waals surface area contributed by atoms with E-state index in [0.29, 0.717) is 6.54 Å². The van der Waals surface area contributed by atoms with Crippen LogP contribution in [0, 0.1) is 0 Å². The van der Waals surface area contributed by atoms with E-state index in [9.17, 15) is 5.11 Å². The Hall–Kier alpha value is -2.88. The molecule has 0 bridgehead atoms. The van der Waals surface area contributed by atoms with Gasteiger partial charge in [0.15, 0.2) is 0 Å². The van der Waals surface area contributed by atoms with Crippen molar-refractivity contribution in [3.8, 4) is 0 Å². The topological polar surface area (TPSA) is 28.4 Å².